The maximum Gasteiger partial charge on any atom is 0.305 e. The molecule has 7 heteroatoms. The van der Waals surface area contributed by atoms with E-state index in [-0.39, 0.29) is 35.8 Å². The van der Waals surface area contributed by atoms with E-state index in [0.717, 1.165) is 56.7 Å². The van der Waals surface area contributed by atoms with Gasteiger partial charge in [0.05, 0.1) is 7.11 Å². The first-order chi connectivity index (χ1) is 12.2. The third-order valence-electron chi connectivity index (χ3n) is 3.73. The fraction of sp³-hybridized carbons (Fsp3) is 0.579. The van der Waals surface area contributed by atoms with Crippen LogP contribution in [0.1, 0.15) is 44.6 Å². The third kappa shape index (κ3) is 12.1. The molecule has 0 atom stereocenters. The normalized spacial score (nSPS) is 10.8. The Hall–Kier alpha value is -1.38. The summed E-state index contributed by atoms with van der Waals surface area (Å²) in [7, 11) is 1.42. The third-order valence-corrected chi connectivity index (χ3v) is 3.73. The van der Waals surface area contributed by atoms with E-state index in [1.807, 2.05) is 13.0 Å². The molecule has 0 aliphatic carbocycles. The summed E-state index contributed by atoms with van der Waals surface area (Å²) in [6.07, 6.45) is 5.14. The van der Waals surface area contributed by atoms with E-state index in [1.54, 1.807) is 12.1 Å². The van der Waals surface area contributed by atoms with Gasteiger partial charge in [-0.25, -0.2) is 4.39 Å². The standard InChI is InChI=1S/C19H30FN3O2.HI/c1-3-21-19(22-13-7-5-4-6-11-18(24)25-2)23-14-12-16-9-8-10-17(20)15-16;/h8-10,15H,3-7,11-14H2,1-2H3,(H2,21,22,23);1H. The molecule has 0 unspecified atom stereocenters. The molecule has 2 N–H and O–H groups in total. The van der Waals surface area contributed by atoms with Crippen LogP contribution in [0.3, 0.4) is 0 Å². The number of guanidine groups is 1. The molecule has 0 saturated carbocycles. The van der Waals surface area contributed by atoms with Gasteiger partial charge in [-0.1, -0.05) is 25.0 Å². The monoisotopic (exact) mass is 479 g/mol. The smallest absolute Gasteiger partial charge is 0.305 e. The summed E-state index contributed by atoms with van der Waals surface area (Å²) >= 11 is 0. The van der Waals surface area contributed by atoms with Crippen molar-refractivity contribution in [2.24, 2.45) is 4.99 Å². The number of nitrogens with one attached hydrogen (secondary N) is 2. The summed E-state index contributed by atoms with van der Waals surface area (Å²) in [5, 5.41) is 6.48. The zero-order valence-electron chi connectivity index (χ0n) is 15.7. The van der Waals surface area contributed by atoms with E-state index >= 15 is 0 Å². The van der Waals surface area contributed by atoms with Crippen molar-refractivity contribution in [3.05, 3.63) is 35.6 Å². The minimum absolute atomic E-state index is 0. The predicted octanol–water partition coefficient (Wildman–Crippen LogP) is 3.66. The lowest BCUT2D eigenvalue weighted by atomic mass is 10.1. The molecule has 0 heterocycles. The van der Waals surface area contributed by atoms with Gasteiger partial charge in [-0.05, 0) is 43.9 Å². The molecule has 1 aromatic carbocycles. The number of hydrogen-bond donors (Lipinski definition) is 2. The molecule has 1 aromatic rings. The van der Waals surface area contributed by atoms with Crippen LogP contribution in [0.2, 0.25) is 0 Å². The van der Waals surface area contributed by atoms with Crippen LogP contribution in [0.25, 0.3) is 0 Å². The van der Waals surface area contributed by atoms with Gasteiger partial charge in [0, 0.05) is 26.1 Å². The van der Waals surface area contributed by atoms with Gasteiger partial charge in [-0.15, -0.1) is 24.0 Å². The van der Waals surface area contributed by atoms with Crippen molar-refractivity contribution in [3.63, 3.8) is 0 Å². The summed E-state index contributed by atoms with van der Waals surface area (Å²) in [4.78, 5) is 15.5. The Balaban J connectivity index is 0.00000625. The highest BCUT2D eigenvalue weighted by molar-refractivity contribution is 14.0. The van der Waals surface area contributed by atoms with Crippen LogP contribution in [0.15, 0.2) is 29.3 Å². The highest BCUT2D eigenvalue weighted by atomic mass is 127. The molecular weight excluding hydrogens is 448 g/mol. The van der Waals surface area contributed by atoms with Crippen molar-refractivity contribution >= 4 is 35.9 Å². The van der Waals surface area contributed by atoms with Crippen molar-refractivity contribution in [2.75, 3.05) is 26.7 Å². The molecular formula is C19H31FIN3O2. The van der Waals surface area contributed by atoms with Crippen molar-refractivity contribution < 1.29 is 13.9 Å². The van der Waals surface area contributed by atoms with Crippen molar-refractivity contribution in [1.82, 2.24) is 10.6 Å². The molecule has 0 saturated heterocycles. The number of nitrogens with zero attached hydrogens (tertiary/aromatic N) is 1. The summed E-state index contributed by atoms with van der Waals surface area (Å²) < 4.78 is 17.8. The Morgan fingerprint density at radius 1 is 1.19 bits per heavy atom. The molecule has 26 heavy (non-hydrogen) atoms. The number of carbonyl (C=O) groups is 1. The van der Waals surface area contributed by atoms with E-state index in [1.165, 1.54) is 13.2 Å². The van der Waals surface area contributed by atoms with Crippen molar-refractivity contribution in [2.45, 2.75) is 45.4 Å². The molecule has 1 rings (SSSR count). The maximum absolute atomic E-state index is 13.2. The van der Waals surface area contributed by atoms with Gasteiger partial charge < -0.3 is 15.4 Å². The van der Waals surface area contributed by atoms with Crippen LogP contribution in [0.4, 0.5) is 4.39 Å². The fourth-order valence-corrected chi connectivity index (χ4v) is 2.39. The van der Waals surface area contributed by atoms with Crippen LogP contribution in [0, 0.1) is 5.82 Å². The number of hydrogen-bond acceptors (Lipinski definition) is 3. The number of esters is 1. The average molecular weight is 479 g/mol. The maximum atomic E-state index is 13.2. The van der Waals surface area contributed by atoms with E-state index in [9.17, 15) is 9.18 Å². The van der Waals surface area contributed by atoms with E-state index < -0.39 is 0 Å². The van der Waals surface area contributed by atoms with Crippen LogP contribution >= 0.6 is 24.0 Å². The van der Waals surface area contributed by atoms with Crippen molar-refractivity contribution in [3.8, 4) is 0 Å². The van der Waals surface area contributed by atoms with Gasteiger partial charge in [-0.2, -0.15) is 0 Å². The van der Waals surface area contributed by atoms with Gasteiger partial charge in [0.15, 0.2) is 5.96 Å². The zero-order chi connectivity index (χ0) is 18.3. The molecule has 0 spiro atoms. The van der Waals surface area contributed by atoms with E-state index in [2.05, 4.69) is 20.4 Å². The molecule has 0 bridgehead atoms. The molecule has 148 valence electrons. The van der Waals surface area contributed by atoms with E-state index in [4.69, 9.17) is 0 Å². The van der Waals surface area contributed by atoms with Crippen LogP contribution in [0.5, 0.6) is 0 Å². The second-order valence-corrected chi connectivity index (χ2v) is 5.81. The number of ether oxygens (including phenoxy) is 1. The van der Waals surface area contributed by atoms with Gasteiger partial charge in [0.25, 0.3) is 0 Å². The summed E-state index contributed by atoms with van der Waals surface area (Å²) in [5.41, 5.74) is 0.967. The lowest BCUT2D eigenvalue weighted by Crippen LogP contribution is -2.38. The second kappa shape index (κ2) is 15.8. The Morgan fingerprint density at radius 2 is 1.96 bits per heavy atom. The highest BCUT2D eigenvalue weighted by Crippen LogP contribution is 2.04. The lowest BCUT2D eigenvalue weighted by Gasteiger charge is -2.11. The Morgan fingerprint density at radius 3 is 2.65 bits per heavy atom. The van der Waals surface area contributed by atoms with Gasteiger partial charge in [0.2, 0.25) is 0 Å². The first-order valence-electron chi connectivity index (χ1n) is 8.99. The topological polar surface area (TPSA) is 62.7 Å². The number of benzene rings is 1. The second-order valence-electron chi connectivity index (χ2n) is 5.81. The Kier molecular flexibility index (Phi) is 15.0. The highest BCUT2D eigenvalue weighted by Gasteiger charge is 2.00. The molecule has 0 aliphatic rings. The molecule has 0 aromatic heterocycles. The molecule has 0 fully saturated rings. The van der Waals surface area contributed by atoms with Gasteiger partial charge in [0.1, 0.15) is 5.82 Å². The number of aliphatic imine (C=N–C) groups is 1. The van der Waals surface area contributed by atoms with E-state index in [0.29, 0.717) is 13.0 Å². The zero-order valence-corrected chi connectivity index (χ0v) is 18.1. The molecule has 0 amide bonds. The average Bonchev–Trinajstić information content (AvgIpc) is 2.60. The van der Waals surface area contributed by atoms with Gasteiger partial charge in [-0.3, -0.25) is 9.79 Å². The Bertz CT molecular complexity index is 541. The minimum Gasteiger partial charge on any atom is -0.469 e. The van der Waals surface area contributed by atoms with Crippen LogP contribution in [-0.4, -0.2) is 38.7 Å². The fourth-order valence-electron chi connectivity index (χ4n) is 2.39. The number of carbonyl (C=O) groups excluding carboxylic acids is 1. The number of methoxy groups -OCH3 is 1. The Labute approximate surface area is 173 Å². The number of unbranched alkanes of at least 4 members (excludes halogenated alkanes) is 3. The van der Waals surface area contributed by atoms with Crippen molar-refractivity contribution in [1.29, 1.82) is 0 Å². The largest absolute Gasteiger partial charge is 0.469 e. The molecule has 0 radical (unpaired) electrons. The molecule has 5 nitrogen and oxygen atoms in total. The summed E-state index contributed by atoms with van der Waals surface area (Å²) in [6.45, 7) is 4.27. The van der Waals surface area contributed by atoms with Gasteiger partial charge >= 0.3 is 5.97 Å². The number of rotatable bonds is 11. The van der Waals surface area contributed by atoms with Crippen LogP contribution < -0.4 is 10.6 Å². The molecule has 0 aliphatic heterocycles. The number of halogens is 2. The summed E-state index contributed by atoms with van der Waals surface area (Å²) in [5.74, 6) is 0.439. The minimum atomic E-state index is -0.203. The SMILES string of the molecule is CCNC(=NCCCCCCC(=O)OC)NCCc1cccc(F)c1.I. The lowest BCUT2D eigenvalue weighted by molar-refractivity contribution is -0.140. The quantitative estimate of drug-likeness (QED) is 0.167. The van der Waals surface area contributed by atoms with Crippen LogP contribution in [-0.2, 0) is 16.0 Å². The first-order valence-corrected chi connectivity index (χ1v) is 8.99. The summed E-state index contributed by atoms with van der Waals surface area (Å²) in [6, 6.07) is 6.65. The first kappa shape index (κ1) is 24.6. The predicted molar refractivity (Wildman–Crippen MR) is 115 cm³/mol.